The van der Waals surface area contributed by atoms with Gasteiger partial charge in [0.05, 0.1) is 5.69 Å². The van der Waals surface area contributed by atoms with Gasteiger partial charge < -0.3 is 11.1 Å². The lowest BCUT2D eigenvalue weighted by Crippen LogP contribution is -2.48. The summed E-state index contributed by atoms with van der Waals surface area (Å²) in [5.41, 5.74) is 7.53. The Morgan fingerprint density at radius 1 is 1.38 bits per heavy atom. The van der Waals surface area contributed by atoms with Gasteiger partial charge in [0.25, 0.3) is 0 Å². The molecule has 4 rings (SSSR count). The Morgan fingerprint density at radius 2 is 2.12 bits per heavy atom. The highest BCUT2D eigenvalue weighted by atomic mass is 32.1. The van der Waals surface area contributed by atoms with Crippen LogP contribution >= 0.6 is 11.3 Å². The molecular formula is C18H28N4OS. The van der Waals surface area contributed by atoms with Crippen molar-refractivity contribution in [1.29, 1.82) is 0 Å². The van der Waals surface area contributed by atoms with Crippen LogP contribution in [0, 0.1) is 17.8 Å². The maximum atomic E-state index is 12.7. The lowest BCUT2D eigenvalue weighted by atomic mass is 9.65. The molecular weight excluding hydrogens is 320 g/mol. The van der Waals surface area contributed by atoms with Crippen LogP contribution in [0.3, 0.4) is 0 Å². The van der Waals surface area contributed by atoms with Crippen molar-refractivity contribution in [2.75, 3.05) is 18.4 Å². The summed E-state index contributed by atoms with van der Waals surface area (Å²) in [7, 11) is 0. The van der Waals surface area contributed by atoms with Gasteiger partial charge in [-0.25, -0.2) is 4.98 Å². The van der Waals surface area contributed by atoms with Gasteiger partial charge in [-0.1, -0.05) is 13.3 Å². The predicted octanol–water partition coefficient (Wildman–Crippen LogP) is 2.61. The van der Waals surface area contributed by atoms with Gasteiger partial charge >= 0.3 is 0 Å². The van der Waals surface area contributed by atoms with E-state index >= 15 is 0 Å². The molecule has 1 aliphatic heterocycles. The second-order valence-corrected chi connectivity index (χ2v) is 8.78. The monoisotopic (exact) mass is 348 g/mol. The van der Waals surface area contributed by atoms with Crippen LogP contribution in [-0.4, -0.2) is 34.9 Å². The Hall–Kier alpha value is -0.980. The third-order valence-electron chi connectivity index (χ3n) is 6.27. The minimum atomic E-state index is 0.119. The SMILES string of the molecule is CCN1CCc2nc(NC(=O)C3CC4CCCC(C3)C4N)sc2C1. The van der Waals surface area contributed by atoms with Crippen molar-refractivity contribution in [1.82, 2.24) is 9.88 Å². The summed E-state index contributed by atoms with van der Waals surface area (Å²) in [4.78, 5) is 21.2. The molecule has 2 bridgehead atoms. The Bertz CT molecular complexity index is 602. The van der Waals surface area contributed by atoms with E-state index in [1.165, 1.54) is 29.8 Å². The molecule has 2 unspecified atom stereocenters. The van der Waals surface area contributed by atoms with Crippen LogP contribution in [0.25, 0.3) is 0 Å². The van der Waals surface area contributed by atoms with Crippen LogP contribution in [0.15, 0.2) is 0 Å². The molecule has 0 saturated heterocycles. The normalized spacial score (nSPS) is 33.1. The van der Waals surface area contributed by atoms with Crippen molar-refractivity contribution in [2.24, 2.45) is 23.5 Å². The summed E-state index contributed by atoms with van der Waals surface area (Å²) < 4.78 is 0. The molecule has 2 atom stereocenters. The summed E-state index contributed by atoms with van der Waals surface area (Å²) in [5.74, 6) is 1.36. The van der Waals surface area contributed by atoms with Gasteiger partial charge in [-0.15, -0.1) is 11.3 Å². The Kier molecular flexibility index (Phi) is 4.62. The smallest absolute Gasteiger partial charge is 0.229 e. The third kappa shape index (κ3) is 3.11. The summed E-state index contributed by atoms with van der Waals surface area (Å²) >= 11 is 1.66. The van der Waals surface area contributed by atoms with Crippen LogP contribution in [0.1, 0.15) is 49.6 Å². The van der Waals surface area contributed by atoms with Crippen LogP contribution in [0.5, 0.6) is 0 Å². The van der Waals surface area contributed by atoms with Crippen LogP contribution < -0.4 is 11.1 Å². The first-order valence-corrected chi connectivity index (χ1v) is 10.2. The zero-order chi connectivity index (χ0) is 16.7. The Balaban J connectivity index is 1.41. The molecule has 24 heavy (non-hydrogen) atoms. The van der Waals surface area contributed by atoms with Gasteiger partial charge in [-0.05, 0) is 44.1 Å². The molecule has 0 radical (unpaired) electrons. The summed E-state index contributed by atoms with van der Waals surface area (Å²) in [5, 5.41) is 3.91. The first-order chi connectivity index (χ1) is 11.6. The predicted molar refractivity (Wildman–Crippen MR) is 96.9 cm³/mol. The lowest BCUT2D eigenvalue weighted by molar-refractivity contribution is -0.122. The number of fused-ring (bicyclic) bond motifs is 3. The van der Waals surface area contributed by atoms with Crippen LogP contribution in [0.2, 0.25) is 0 Å². The van der Waals surface area contributed by atoms with E-state index in [-0.39, 0.29) is 11.8 Å². The first kappa shape index (κ1) is 16.5. The highest BCUT2D eigenvalue weighted by molar-refractivity contribution is 7.15. The van der Waals surface area contributed by atoms with Crippen molar-refractivity contribution >= 4 is 22.4 Å². The molecule has 5 nitrogen and oxygen atoms in total. The number of nitrogens with one attached hydrogen (secondary N) is 1. The number of carbonyl (C=O) groups excluding carboxylic acids is 1. The zero-order valence-electron chi connectivity index (χ0n) is 14.5. The van der Waals surface area contributed by atoms with E-state index in [0.717, 1.165) is 44.0 Å². The average molecular weight is 349 g/mol. The molecule has 6 heteroatoms. The molecule has 1 aromatic heterocycles. The van der Waals surface area contributed by atoms with Crippen molar-refractivity contribution in [3.8, 4) is 0 Å². The number of hydrogen-bond donors (Lipinski definition) is 2. The molecule has 1 amide bonds. The fourth-order valence-electron chi connectivity index (χ4n) is 4.78. The minimum Gasteiger partial charge on any atom is -0.327 e. The van der Waals surface area contributed by atoms with E-state index < -0.39 is 0 Å². The minimum absolute atomic E-state index is 0.119. The maximum absolute atomic E-state index is 12.7. The molecule has 2 fully saturated rings. The highest BCUT2D eigenvalue weighted by Crippen LogP contribution is 2.42. The fourth-order valence-corrected chi connectivity index (χ4v) is 5.84. The van der Waals surface area contributed by atoms with Gasteiger partial charge in [-0.2, -0.15) is 0 Å². The van der Waals surface area contributed by atoms with E-state index in [1.54, 1.807) is 11.3 Å². The van der Waals surface area contributed by atoms with Gasteiger partial charge in [0.1, 0.15) is 0 Å². The number of thiazole rings is 1. The van der Waals surface area contributed by atoms with E-state index in [9.17, 15) is 4.79 Å². The van der Waals surface area contributed by atoms with Crippen LogP contribution in [-0.2, 0) is 17.8 Å². The summed E-state index contributed by atoms with van der Waals surface area (Å²) in [6.45, 7) is 5.32. The summed E-state index contributed by atoms with van der Waals surface area (Å²) in [6, 6.07) is 0.315. The van der Waals surface area contributed by atoms with Crippen molar-refractivity contribution in [2.45, 2.75) is 58.0 Å². The Labute approximate surface area is 148 Å². The molecule has 2 heterocycles. The van der Waals surface area contributed by atoms with Gasteiger partial charge in [0.2, 0.25) is 5.91 Å². The largest absolute Gasteiger partial charge is 0.327 e. The molecule has 3 aliphatic rings. The van der Waals surface area contributed by atoms with Crippen LogP contribution in [0.4, 0.5) is 5.13 Å². The van der Waals surface area contributed by atoms with Crippen molar-refractivity contribution < 1.29 is 4.79 Å². The zero-order valence-corrected chi connectivity index (χ0v) is 15.3. The number of carbonyl (C=O) groups is 1. The fraction of sp³-hybridized carbons (Fsp3) is 0.778. The number of hydrogen-bond acceptors (Lipinski definition) is 5. The van der Waals surface area contributed by atoms with Gasteiger partial charge in [-0.3, -0.25) is 9.69 Å². The lowest BCUT2D eigenvalue weighted by Gasteiger charge is -2.43. The number of aromatic nitrogens is 1. The number of amides is 1. The van der Waals surface area contributed by atoms with Crippen molar-refractivity contribution in [3.05, 3.63) is 10.6 Å². The van der Waals surface area contributed by atoms with Gasteiger partial charge in [0.15, 0.2) is 5.13 Å². The number of nitrogens with two attached hydrogens (primary N) is 1. The molecule has 2 saturated carbocycles. The standard InChI is InChI=1S/C18H28N4OS/c1-2-22-7-6-14-15(10-22)24-18(20-14)21-17(23)13-8-11-4-3-5-12(9-13)16(11)19/h11-13,16H,2-10,19H2,1H3,(H,20,21,23). The van der Waals surface area contributed by atoms with E-state index in [4.69, 9.17) is 5.73 Å². The molecule has 1 aromatic rings. The average Bonchev–Trinajstić information content (AvgIpc) is 2.95. The third-order valence-corrected chi connectivity index (χ3v) is 7.27. The number of anilines is 1. The highest BCUT2D eigenvalue weighted by Gasteiger charge is 2.40. The molecule has 0 aromatic carbocycles. The molecule has 2 aliphatic carbocycles. The first-order valence-electron chi connectivity index (χ1n) is 9.41. The quantitative estimate of drug-likeness (QED) is 0.881. The van der Waals surface area contributed by atoms with Crippen molar-refractivity contribution in [3.63, 3.8) is 0 Å². The van der Waals surface area contributed by atoms with Gasteiger partial charge in [0, 0.05) is 36.3 Å². The van der Waals surface area contributed by atoms with E-state index in [2.05, 4.69) is 22.1 Å². The van der Waals surface area contributed by atoms with E-state index in [1.807, 2.05) is 0 Å². The molecule has 132 valence electrons. The molecule has 0 spiro atoms. The molecule has 3 N–H and O–H groups in total. The Morgan fingerprint density at radius 3 is 2.83 bits per heavy atom. The topological polar surface area (TPSA) is 71.2 Å². The summed E-state index contributed by atoms with van der Waals surface area (Å²) in [6.07, 6.45) is 6.58. The number of nitrogens with zero attached hydrogens (tertiary/aromatic N) is 2. The maximum Gasteiger partial charge on any atom is 0.229 e. The second kappa shape index (κ2) is 6.73. The number of rotatable bonds is 3. The second-order valence-electron chi connectivity index (χ2n) is 7.69. The van der Waals surface area contributed by atoms with E-state index in [0.29, 0.717) is 17.9 Å². The number of likely N-dealkylation sites (N-methyl/N-ethyl adjacent to an activating group) is 1.